The number of piperidine rings is 1. The van der Waals surface area contributed by atoms with E-state index in [-0.39, 0.29) is 0 Å². The highest BCUT2D eigenvalue weighted by Gasteiger charge is 2.34. The normalized spacial score (nSPS) is 33.0. The highest BCUT2D eigenvalue weighted by Crippen LogP contribution is 2.39. The summed E-state index contributed by atoms with van der Waals surface area (Å²) in [5, 5.41) is 3.73. The van der Waals surface area contributed by atoms with Gasteiger partial charge < -0.3 is 5.32 Å². The summed E-state index contributed by atoms with van der Waals surface area (Å²) in [6, 6.07) is 8.31. The molecule has 0 saturated carbocycles. The van der Waals surface area contributed by atoms with Crippen LogP contribution < -0.4 is 5.32 Å². The molecule has 2 atom stereocenters. The average Bonchev–Trinajstić information content (AvgIpc) is 2.58. The first-order valence-electron chi connectivity index (χ1n) is 6.56. The molecular weight excluding hydrogens is 194 g/mol. The van der Waals surface area contributed by atoms with Crippen LogP contribution in [0, 0.1) is 13.8 Å². The van der Waals surface area contributed by atoms with Crippen LogP contribution in [0.2, 0.25) is 0 Å². The second-order valence-corrected chi connectivity index (χ2v) is 5.61. The molecule has 2 unspecified atom stereocenters. The number of aryl methyl sites for hydroxylation is 2. The van der Waals surface area contributed by atoms with Gasteiger partial charge in [-0.25, -0.2) is 0 Å². The summed E-state index contributed by atoms with van der Waals surface area (Å²) in [5.74, 6) is 0.806. The fourth-order valence-corrected chi connectivity index (χ4v) is 3.76. The maximum Gasteiger partial charge on any atom is 0.00760 e. The Labute approximate surface area is 98.3 Å². The van der Waals surface area contributed by atoms with Gasteiger partial charge in [-0.1, -0.05) is 18.2 Å². The van der Waals surface area contributed by atoms with E-state index in [0.29, 0.717) is 0 Å². The van der Waals surface area contributed by atoms with Crippen molar-refractivity contribution in [3.63, 3.8) is 0 Å². The minimum Gasteiger partial charge on any atom is -0.311 e. The Hall–Kier alpha value is -0.820. The van der Waals surface area contributed by atoms with Gasteiger partial charge in [0.05, 0.1) is 0 Å². The molecule has 1 aromatic carbocycles. The number of nitrogens with one attached hydrogen (secondary N) is 1. The van der Waals surface area contributed by atoms with Gasteiger partial charge in [0.15, 0.2) is 0 Å². The van der Waals surface area contributed by atoms with Gasteiger partial charge in [0, 0.05) is 12.1 Å². The second kappa shape index (κ2) is 3.89. The Balaban J connectivity index is 1.92. The first kappa shape index (κ1) is 10.3. The van der Waals surface area contributed by atoms with Crippen LogP contribution >= 0.6 is 0 Å². The number of fused-ring (bicyclic) bond motifs is 2. The zero-order valence-corrected chi connectivity index (χ0v) is 10.3. The Kier molecular flexibility index (Phi) is 2.51. The van der Waals surface area contributed by atoms with Crippen molar-refractivity contribution in [2.24, 2.45) is 0 Å². The van der Waals surface area contributed by atoms with Crippen molar-refractivity contribution in [1.29, 1.82) is 0 Å². The molecule has 2 aliphatic heterocycles. The van der Waals surface area contributed by atoms with Gasteiger partial charge in [-0.15, -0.1) is 0 Å². The summed E-state index contributed by atoms with van der Waals surface area (Å²) in [4.78, 5) is 0. The van der Waals surface area contributed by atoms with Crippen LogP contribution in [0.1, 0.15) is 48.3 Å². The van der Waals surface area contributed by atoms with Crippen LogP contribution in [-0.2, 0) is 0 Å². The number of benzene rings is 1. The molecule has 0 aromatic heterocycles. The summed E-state index contributed by atoms with van der Waals surface area (Å²) in [6.07, 6.45) is 5.49. The van der Waals surface area contributed by atoms with E-state index in [2.05, 4.69) is 37.4 Å². The van der Waals surface area contributed by atoms with Crippen LogP contribution in [0.5, 0.6) is 0 Å². The highest BCUT2D eigenvalue weighted by molar-refractivity contribution is 5.37. The van der Waals surface area contributed by atoms with E-state index in [1.807, 2.05) is 0 Å². The van der Waals surface area contributed by atoms with Gasteiger partial charge in [-0.05, 0) is 62.1 Å². The maximum absolute atomic E-state index is 3.73. The van der Waals surface area contributed by atoms with E-state index in [0.717, 1.165) is 18.0 Å². The SMILES string of the molecule is Cc1cccc(C)c1C1CC2CCC(C1)N2. The molecular formula is C15H21N. The van der Waals surface area contributed by atoms with E-state index in [1.54, 1.807) is 5.56 Å². The van der Waals surface area contributed by atoms with Gasteiger partial charge in [0.1, 0.15) is 0 Å². The van der Waals surface area contributed by atoms with Crippen molar-refractivity contribution in [2.45, 2.75) is 57.5 Å². The fraction of sp³-hybridized carbons (Fsp3) is 0.600. The van der Waals surface area contributed by atoms with Crippen molar-refractivity contribution in [1.82, 2.24) is 5.32 Å². The minimum atomic E-state index is 0.794. The maximum atomic E-state index is 3.73. The van der Waals surface area contributed by atoms with Gasteiger partial charge in [-0.2, -0.15) is 0 Å². The summed E-state index contributed by atoms with van der Waals surface area (Å²) >= 11 is 0. The lowest BCUT2D eigenvalue weighted by Crippen LogP contribution is -2.37. The molecule has 1 heteroatoms. The fourth-order valence-electron chi connectivity index (χ4n) is 3.76. The molecule has 3 rings (SSSR count). The Morgan fingerprint density at radius 1 is 1.00 bits per heavy atom. The lowest BCUT2D eigenvalue weighted by Gasteiger charge is -2.31. The van der Waals surface area contributed by atoms with E-state index in [9.17, 15) is 0 Å². The molecule has 0 radical (unpaired) electrons. The van der Waals surface area contributed by atoms with Crippen LogP contribution in [0.15, 0.2) is 18.2 Å². The Morgan fingerprint density at radius 2 is 1.56 bits per heavy atom. The van der Waals surface area contributed by atoms with Gasteiger partial charge in [0.25, 0.3) is 0 Å². The standard InChI is InChI=1S/C15H21N/c1-10-4-3-5-11(2)15(10)12-8-13-6-7-14(9-12)16-13/h3-5,12-14,16H,6-9H2,1-2H3. The van der Waals surface area contributed by atoms with E-state index >= 15 is 0 Å². The van der Waals surface area contributed by atoms with E-state index in [4.69, 9.17) is 0 Å². The van der Waals surface area contributed by atoms with Crippen molar-refractivity contribution in [3.8, 4) is 0 Å². The largest absolute Gasteiger partial charge is 0.311 e. The van der Waals surface area contributed by atoms with Crippen molar-refractivity contribution in [3.05, 3.63) is 34.9 Å². The second-order valence-electron chi connectivity index (χ2n) is 5.61. The quantitative estimate of drug-likeness (QED) is 0.758. The van der Waals surface area contributed by atoms with Crippen LogP contribution in [0.3, 0.4) is 0 Å². The predicted octanol–water partition coefficient (Wildman–Crippen LogP) is 3.30. The van der Waals surface area contributed by atoms with Gasteiger partial charge >= 0.3 is 0 Å². The Morgan fingerprint density at radius 3 is 2.12 bits per heavy atom. The summed E-state index contributed by atoms with van der Waals surface area (Å²) in [6.45, 7) is 4.54. The van der Waals surface area contributed by atoms with Crippen LogP contribution in [-0.4, -0.2) is 12.1 Å². The van der Waals surface area contributed by atoms with Crippen LogP contribution in [0.25, 0.3) is 0 Å². The summed E-state index contributed by atoms with van der Waals surface area (Å²) < 4.78 is 0. The summed E-state index contributed by atoms with van der Waals surface area (Å²) in [5.41, 5.74) is 4.62. The molecule has 1 nitrogen and oxygen atoms in total. The molecule has 1 N–H and O–H groups in total. The highest BCUT2D eigenvalue weighted by atomic mass is 15.0. The monoisotopic (exact) mass is 215 g/mol. The topological polar surface area (TPSA) is 12.0 Å². The molecule has 2 fully saturated rings. The summed E-state index contributed by atoms with van der Waals surface area (Å²) in [7, 11) is 0. The smallest absolute Gasteiger partial charge is 0.00760 e. The third-order valence-corrected chi connectivity index (χ3v) is 4.42. The molecule has 2 aliphatic rings. The number of hydrogen-bond donors (Lipinski definition) is 1. The Bertz CT molecular complexity index is 364. The number of hydrogen-bond acceptors (Lipinski definition) is 1. The molecule has 2 saturated heterocycles. The first-order valence-corrected chi connectivity index (χ1v) is 6.56. The van der Waals surface area contributed by atoms with E-state index in [1.165, 1.54) is 36.8 Å². The number of rotatable bonds is 1. The molecule has 16 heavy (non-hydrogen) atoms. The van der Waals surface area contributed by atoms with Crippen LogP contribution in [0.4, 0.5) is 0 Å². The molecule has 0 amide bonds. The van der Waals surface area contributed by atoms with Crippen molar-refractivity contribution >= 4 is 0 Å². The van der Waals surface area contributed by atoms with E-state index < -0.39 is 0 Å². The van der Waals surface area contributed by atoms with Crippen molar-refractivity contribution < 1.29 is 0 Å². The predicted molar refractivity (Wildman–Crippen MR) is 67.8 cm³/mol. The molecule has 0 aliphatic carbocycles. The van der Waals surface area contributed by atoms with Gasteiger partial charge in [-0.3, -0.25) is 0 Å². The molecule has 1 aromatic rings. The first-order chi connectivity index (χ1) is 7.74. The lowest BCUT2D eigenvalue weighted by molar-refractivity contribution is 0.362. The lowest BCUT2D eigenvalue weighted by atomic mass is 9.82. The zero-order valence-electron chi connectivity index (χ0n) is 10.3. The molecule has 2 heterocycles. The van der Waals surface area contributed by atoms with Crippen molar-refractivity contribution in [2.75, 3.05) is 0 Å². The molecule has 86 valence electrons. The molecule has 0 spiro atoms. The third-order valence-electron chi connectivity index (χ3n) is 4.42. The average molecular weight is 215 g/mol. The third kappa shape index (κ3) is 1.67. The molecule has 2 bridgehead atoms. The van der Waals surface area contributed by atoms with Gasteiger partial charge in [0.2, 0.25) is 0 Å². The zero-order chi connectivity index (χ0) is 11.1. The minimum absolute atomic E-state index is 0.794.